The molecule has 0 aliphatic carbocycles. The SMILES string of the molecule is COc1ccc(NS(=O)(=O)c2ccc(Br)s2)cc1C(F)(F)F. The van der Waals surface area contributed by atoms with E-state index in [-0.39, 0.29) is 15.6 Å². The molecule has 2 rings (SSSR count). The fourth-order valence-corrected chi connectivity index (χ4v) is 4.70. The van der Waals surface area contributed by atoms with Crippen LogP contribution in [-0.2, 0) is 16.2 Å². The molecule has 0 atom stereocenters. The molecule has 0 spiro atoms. The summed E-state index contributed by atoms with van der Waals surface area (Å²) in [5.74, 6) is -0.380. The molecule has 0 aliphatic rings. The lowest BCUT2D eigenvalue weighted by Gasteiger charge is -2.14. The molecule has 1 heterocycles. The van der Waals surface area contributed by atoms with Gasteiger partial charge < -0.3 is 4.74 Å². The van der Waals surface area contributed by atoms with E-state index in [9.17, 15) is 21.6 Å². The van der Waals surface area contributed by atoms with Gasteiger partial charge >= 0.3 is 6.18 Å². The lowest BCUT2D eigenvalue weighted by Crippen LogP contribution is -2.13. The second kappa shape index (κ2) is 6.09. The molecular formula is C12H9BrF3NO3S2. The maximum absolute atomic E-state index is 12.9. The Bertz CT molecular complexity index is 787. The van der Waals surface area contributed by atoms with Gasteiger partial charge in [-0.3, -0.25) is 4.72 Å². The third-order valence-electron chi connectivity index (χ3n) is 2.57. The first kappa shape index (κ1) is 17.1. The highest BCUT2D eigenvalue weighted by Crippen LogP contribution is 2.38. The molecule has 0 bridgehead atoms. The van der Waals surface area contributed by atoms with Crippen molar-refractivity contribution in [2.24, 2.45) is 0 Å². The van der Waals surface area contributed by atoms with Crippen LogP contribution in [0.3, 0.4) is 0 Å². The van der Waals surface area contributed by atoms with Crippen LogP contribution in [0.25, 0.3) is 0 Å². The van der Waals surface area contributed by atoms with Crippen LogP contribution in [0.2, 0.25) is 0 Å². The van der Waals surface area contributed by atoms with Gasteiger partial charge in [0.05, 0.1) is 16.5 Å². The molecule has 120 valence electrons. The molecule has 0 radical (unpaired) electrons. The van der Waals surface area contributed by atoms with E-state index in [1.165, 1.54) is 18.2 Å². The Labute approximate surface area is 137 Å². The van der Waals surface area contributed by atoms with Gasteiger partial charge in [-0.25, -0.2) is 8.42 Å². The van der Waals surface area contributed by atoms with Crippen molar-refractivity contribution in [3.8, 4) is 5.75 Å². The molecule has 0 amide bonds. The van der Waals surface area contributed by atoms with Gasteiger partial charge in [-0.05, 0) is 46.3 Å². The van der Waals surface area contributed by atoms with E-state index < -0.39 is 21.8 Å². The molecule has 1 aromatic carbocycles. The molecule has 1 aromatic heterocycles. The predicted molar refractivity (Wildman–Crippen MR) is 80.8 cm³/mol. The third-order valence-corrected chi connectivity index (χ3v) is 6.07. The first-order valence-electron chi connectivity index (χ1n) is 5.67. The number of thiophene rings is 1. The van der Waals surface area contributed by atoms with Crippen LogP contribution in [0.15, 0.2) is 38.3 Å². The van der Waals surface area contributed by atoms with Crippen molar-refractivity contribution in [2.75, 3.05) is 11.8 Å². The number of ether oxygens (including phenoxy) is 1. The number of halogens is 4. The molecule has 0 saturated carbocycles. The number of sulfonamides is 1. The van der Waals surface area contributed by atoms with Gasteiger partial charge in [0.2, 0.25) is 0 Å². The quantitative estimate of drug-likeness (QED) is 0.807. The van der Waals surface area contributed by atoms with Gasteiger partial charge in [-0.15, -0.1) is 11.3 Å². The van der Waals surface area contributed by atoms with Crippen LogP contribution in [0.4, 0.5) is 18.9 Å². The Balaban J connectivity index is 2.38. The van der Waals surface area contributed by atoms with Crippen LogP contribution in [-0.4, -0.2) is 15.5 Å². The number of alkyl halides is 3. The highest BCUT2D eigenvalue weighted by Gasteiger charge is 2.35. The minimum atomic E-state index is -4.65. The minimum Gasteiger partial charge on any atom is -0.496 e. The summed E-state index contributed by atoms with van der Waals surface area (Å²) in [6.07, 6.45) is -4.65. The zero-order chi connectivity index (χ0) is 16.5. The van der Waals surface area contributed by atoms with Gasteiger partial charge in [-0.1, -0.05) is 0 Å². The van der Waals surface area contributed by atoms with Crippen molar-refractivity contribution in [3.63, 3.8) is 0 Å². The molecule has 0 aliphatic heterocycles. The molecule has 0 saturated heterocycles. The number of hydrogen-bond acceptors (Lipinski definition) is 4. The maximum atomic E-state index is 12.9. The topological polar surface area (TPSA) is 55.4 Å². The Morgan fingerprint density at radius 2 is 1.91 bits per heavy atom. The van der Waals surface area contributed by atoms with Gasteiger partial charge in [0.25, 0.3) is 10.0 Å². The molecule has 0 unspecified atom stereocenters. The van der Waals surface area contributed by atoms with E-state index in [2.05, 4.69) is 25.4 Å². The Morgan fingerprint density at radius 1 is 1.23 bits per heavy atom. The number of rotatable bonds is 4. The number of nitrogens with one attached hydrogen (secondary N) is 1. The molecule has 0 fully saturated rings. The Kier molecular flexibility index (Phi) is 4.73. The average molecular weight is 416 g/mol. The second-order valence-electron chi connectivity index (χ2n) is 4.08. The molecule has 2 aromatic rings. The lowest BCUT2D eigenvalue weighted by atomic mass is 10.1. The highest BCUT2D eigenvalue weighted by atomic mass is 79.9. The standard InChI is InChI=1S/C12H9BrF3NO3S2/c1-20-9-3-2-7(6-8(9)12(14,15)16)17-22(18,19)11-5-4-10(13)21-11/h2-6,17H,1H3. The summed E-state index contributed by atoms with van der Waals surface area (Å²) >= 11 is 4.08. The van der Waals surface area contributed by atoms with Crippen molar-refractivity contribution in [2.45, 2.75) is 10.4 Å². The summed E-state index contributed by atoms with van der Waals surface area (Å²) < 4.78 is 70.3. The second-order valence-corrected chi connectivity index (χ2v) is 8.45. The fraction of sp³-hybridized carbons (Fsp3) is 0.167. The van der Waals surface area contributed by atoms with Crippen LogP contribution in [0.5, 0.6) is 5.75 Å². The summed E-state index contributed by atoms with van der Waals surface area (Å²) in [4.78, 5) is 0. The first-order valence-corrected chi connectivity index (χ1v) is 8.76. The van der Waals surface area contributed by atoms with Crippen molar-refractivity contribution >= 4 is 43.0 Å². The predicted octanol–water partition coefficient (Wildman–Crippen LogP) is 4.34. The average Bonchev–Trinajstić information content (AvgIpc) is 2.85. The van der Waals surface area contributed by atoms with Crippen molar-refractivity contribution < 1.29 is 26.3 Å². The molecule has 22 heavy (non-hydrogen) atoms. The van der Waals surface area contributed by atoms with Crippen LogP contribution < -0.4 is 9.46 Å². The fourth-order valence-electron chi connectivity index (χ4n) is 1.64. The summed E-state index contributed by atoms with van der Waals surface area (Å²) in [6.45, 7) is 0. The van der Waals surface area contributed by atoms with Crippen molar-refractivity contribution in [1.82, 2.24) is 0 Å². The van der Waals surface area contributed by atoms with E-state index in [0.717, 1.165) is 24.5 Å². The monoisotopic (exact) mass is 415 g/mol. The van der Waals surface area contributed by atoms with E-state index in [0.29, 0.717) is 9.85 Å². The number of hydrogen-bond donors (Lipinski definition) is 1. The number of benzene rings is 1. The molecule has 10 heteroatoms. The van der Waals surface area contributed by atoms with Gasteiger partial charge in [0, 0.05) is 5.69 Å². The molecule has 4 nitrogen and oxygen atoms in total. The first-order chi connectivity index (χ1) is 10.1. The molecule has 1 N–H and O–H groups in total. The van der Waals surface area contributed by atoms with Crippen LogP contribution in [0.1, 0.15) is 5.56 Å². The Hall–Kier alpha value is -1.26. The number of anilines is 1. The largest absolute Gasteiger partial charge is 0.496 e. The van der Waals surface area contributed by atoms with E-state index in [1.54, 1.807) is 0 Å². The highest BCUT2D eigenvalue weighted by molar-refractivity contribution is 9.11. The summed E-state index contributed by atoms with van der Waals surface area (Å²) in [6, 6.07) is 5.85. The molecular weight excluding hydrogens is 407 g/mol. The van der Waals surface area contributed by atoms with Gasteiger partial charge in [-0.2, -0.15) is 13.2 Å². The minimum absolute atomic E-state index is 0.0104. The van der Waals surface area contributed by atoms with Crippen molar-refractivity contribution in [3.05, 3.63) is 39.7 Å². The Morgan fingerprint density at radius 3 is 2.41 bits per heavy atom. The number of methoxy groups -OCH3 is 1. The zero-order valence-electron chi connectivity index (χ0n) is 10.9. The normalized spacial score (nSPS) is 12.2. The van der Waals surface area contributed by atoms with Crippen LogP contribution >= 0.6 is 27.3 Å². The summed E-state index contributed by atoms with van der Waals surface area (Å²) in [5, 5.41) is 0. The summed E-state index contributed by atoms with van der Waals surface area (Å²) in [7, 11) is -2.84. The summed E-state index contributed by atoms with van der Waals surface area (Å²) in [5.41, 5.74) is -1.25. The van der Waals surface area contributed by atoms with Crippen molar-refractivity contribution in [1.29, 1.82) is 0 Å². The van der Waals surface area contributed by atoms with Gasteiger partial charge in [0.1, 0.15) is 9.96 Å². The third kappa shape index (κ3) is 3.73. The van der Waals surface area contributed by atoms with E-state index in [4.69, 9.17) is 0 Å². The van der Waals surface area contributed by atoms with E-state index >= 15 is 0 Å². The smallest absolute Gasteiger partial charge is 0.420 e. The van der Waals surface area contributed by atoms with Crippen LogP contribution in [0, 0.1) is 0 Å². The van der Waals surface area contributed by atoms with E-state index in [1.807, 2.05) is 0 Å². The zero-order valence-corrected chi connectivity index (χ0v) is 14.2. The van der Waals surface area contributed by atoms with Gasteiger partial charge in [0.15, 0.2) is 0 Å². The maximum Gasteiger partial charge on any atom is 0.420 e. The lowest BCUT2D eigenvalue weighted by molar-refractivity contribution is -0.138.